The Morgan fingerprint density at radius 2 is 1.85 bits per heavy atom. The summed E-state index contributed by atoms with van der Waals surface area (Å²) in [6, 6.07) is 15.7. The smallest absolute Gasteiger partial charge is 0.360 e. The summed E-state index contributed by atoms with van der Waals surface area (Å²) in [7, 11) is 1.58. The largest absolute Gasteiger partial charge is 0.497 e. The summed E-state index contributed by atoms with van der Waals surface area (Å²) in [5, 5.41) is 28.5. The first-order valence-electron chi connectivity index (χ1n) is 8.37. The molecule has 1 aliphatic rings. The molecule has 0 saturated carbocycles. The summed E-state index contributed by atoms with van der Waals surface area (Å²) < 4.78 is 6.22. The van der Waals surface area contributed by atoms with Crippen molar-refractivity contribution in [1.82, 2.24) is 14.8 Å². The number of aromatic nitrogens is 3. The van der Waals surface area contributed by atoms with E-state index in [1.165, 1.54) is 6.33 Å². The number of fused-ring (bicyclic) bond motifs is 1. The molecule has 1 aromatic heterocycles. The molecule has 0 fully saturated rings. The van der Waals surface area contributed by atoms with Gasteiger partial charge in [-0.3, -0.25) is 0 Å². The van der Waals surface area contributed by atoms with Crippen molar-refractivity contribution >= 4 is 11.9 Å². The summed E-state index contributed by atoms with van der Waals surface area (Å²) >= 11 is 0. The van der Waals surface area contributed by atoms with Crippen LogP contribution in [-0.2, 0) is 10.5 Å². The highest BCUT2D eigenvalue weighted by Gasteiger charge is 2.56. The maximum Gasteiger partial charge on any atom is 0.360 e. The van der Waals surface area contributed by atoms with Crippen LogP contribution in [0, 0.1) is 0 Å². The molecule has 0 radical (unpaired) electrons. The van der Waals surface area contributed by atoms with E-state index in [1.54, 1.807) is 43.5 Å². The monoisotopic (exact) mass is 366 g/mol. The Hall–Kier alpha value is -3.39. The number of nitrogens with zero attached hydrogens (tertiary/aromatic N) is 3. The van der Waals surface area contributed by atoms with Crippen LogP contribution >= 0.6 is 0 Å². The summed E-state index contributed by atoms with van der Waals surface area (Å²) in [4.78, 5) is 16.3. The predicted octanol–water partition coefficient (Wildman–Crippen LogP) is 1.97. The van der Waals surface area contributed by atoms with Crippen LogP contribution in [0.4, 0.5) is 5.95 Å². The number of hydrogen-bond donors (Lipinski definition) is 3. The zero-order valence-corrected chi connectivity index (χ0v) is 14.5. The maximum absolute atomic E-state index is 12.2. The van der Waals surface area contributed by atoms with Gasteiger partial charge in [0, 0.05) is 0 Å². The van der Waals surface area contributed by atoms with E-state index in [1.807, 2.05) is 18.2 Å². The van der Waals surface area contributed by atoms with E-state index < -0.39 is 23.7 Å². The Labute approximate surface area is 155 Å². The van der Waals surface area contributed by atoms with Gasteiger partial charge in [0.05, 0.1) is 19.1 Å². The molecule has 0 unspecified atom stereocenters. The Kier molecular flexibility index (Phi) is 4.04. The van der Waals surface area contributed by atoms with Crippen LogP contribution in [0.1, 0.15) is 23.1 Å². The van der Waals surface area contributed by atoms with Crippen LogP contribution in [0.25, 0.3) is 0 Å². The summed E-state index contributed by atoms with van der Waals surface area (Å²) in [6.07, 6.45) is 1.22. The van der Waals surface area contributed by atoms with E-state index in [2.05, 4.69) is 15.4 Å². The van der Waals surface area contributed by atoms with Gasteiger partial charge >= 0.3 is 5.97 Å². The minimum atomic E-state index is -2.30. The van der Waals surface area contributed by atoms with Crippen molar-refractivity contribution in [1.29, 1.82) is 0 Å². The van der Waals surface area contributed by atoms with Crippen LogP contribution in [-0.4, -0.2) is 38.1 Å². The van der Waals surface area contributed by atoms with Crippen molar-refractivity contribution in [3.05, 3.63) is 72.1 Å². The first kappa shape index (κ1) is 17.0. The molecule has 2 heterocycles. The number of methoxy groups -OCH3 is 1. The first-order chi connectivity index (χ1) is 13.1. The number of nitrogens with one attached hydrogen (secondary N) is 1. The maximum atomic E-state index is 12.2. The van der Waals surface area contributed by atoms with Gasteiger partial charge in [-0.15, -0.1) is 0 Å². The average Bonchev–Trinajstić information content (AvgIpc) is 3.18. The van der Waals surface area contributed by atoms with Crippen LogP contribution in [0.2, 0.25) is 0 Å². The minimum absolute atomic E-state index is 0.188. The van der Waals surface area contributed by atoms with Gasteiger partial charge in [-0.2, -0.15) is 14.8 Å². The van der Waals surface area contributed by atoms with Crippen LogP contribution in [0.3, 0.4) is 0 Å². The molecule has 138 valence electrons. The van der Waals surface area contributed by atoms with Gasteiger partial charge in [-0.05, 0) is 23.3 Å². The molecule has 3 aromatic rings. The number of rotatable bonds is 4. The van der Waals surface area contributed by atoms with E-state index >= 15 is 0 Å². The van der Waals surface area contributed by atoms with Crippen molar-refractivity contribution < 1.29 is 19.7 Å². The number of carboxylic acid groups (broad SMARTS) is 1. The topological polar surface area (TPSA) is 110 Å². The molecule has 0 amide bonds. The Morgan fingerprint density at radius 3 is 2.48 bits per heavy atom. The molecular weight excluding hydrogens is 348 g/mol. The zero-order valence-electron chi connectivity index (χ0n) is 14.5. The Bertz CT molecular complexity index is 957. The fourth-order valence-electron chi connectivity index (χ4n) is 3.57. The number of carboxylic acids is 1. The molecule has 2 aromatic carbocycles. The molecule has 3 atom stereocenters. The lowest BCUT2D eigenvalue weighted by Gasteiger charge is -2.42. The van der Waals surface area contributed by atoms with Crippen molar-refractivity contribution in [2.75, 3.05) is 12.4 Å². The molecular formula is C19H18N4O4. The van der Waals surface area contributed by atoms with Gasteiger partial charge in [-0.25, -0.2) is 4.79 Å². The lowest BCUT2D eigenvalue weighted by molar-refractivity contribution is -0.179. The summed E-state index contributed by atoms with van der Waals surface area (Å²) in [5.74, 6) is -1.38. The molecule has 4 rings (SSSR count). The summed E-state index contributed by atoms with van der Waals surface area (Å²) in [6.45, 7) is 0. The molecule has 8 heteroatoms. The third-order valence-electron chi connectivity index (χ3n) is 4.87. The van der Waals surface area contributed by atoms with Gasteiger partial charge in [0.1, 0.15) is 12.1 Å². The SMILES string of the molecule is COc1ccc([C@@H]2Nc3ncnn3[C@@](O)(C(=O)O)[C@H]2c2ccccc2)cc1. The third kappa shape index (κ3) is 2.61. The first-order valence-corrected chi connectivity index (χ1v) is 8.37. The number of carbonyl (C=O) groups is 1. The predicted molar refractivity (Wildman–Crippen MR) is 96.4 cm³/mol. The minimum Gasteiger partial charge on any atom is -0.497 e. The van der Waals surface area contributed by atoms with E-state index in [4.69, 9.17) is 4.74 Å². The number of aliphatic hydroxyl groups is 1. The fraction of sp³-hybridized carbons (Fsp3) is 0.211. The third-order valence-corrected chi connectivity index (χ3v) is 4.87. The van der Waals surface area contributed by atoms with Crippen molar-refractivity contribution in [3.63, 3.8) is 0 Å². The average molecular weight is 366 g/mol. The zero-order chi connectivity index (χ0) is 19.0. The summed E-state index contributed by atoms with van der Waals surface area (Å²) in [5.41, 5.74) is -0.848. The highest BCUT2D eigenvalue weighted by Crippen LogP contribution is 2.47. The number of anilines is 1. The lowest BCUT2D eigenvalue weighted by atomic mass is 9.78. The second kappa shape index (κ2) is 6.40. The standard InChI is InChI=1S/C19H18N4O4/c1-27-14-9-7-13(8-10-14)16-15(12-5-3-2-4-6-12)19(26,17(24)25)23-18(22-16)20-11-21-23/h2-11,15-16,26H,1H3,(H,24,25)(H,20,21,22)/t15-,16-,19-/m0/s1. The van der Waals surface area contributed by atoms with Crippen LogP contribution in [0.5, 0.6) is 5.75 Å². The fourth-order valence-corrected chi connectivity index (χ4v) is 3.57. The number of benzene rings is 2. The molecule has 27 heavy (non-hydrogen) atoms. The second-order valence-electron chi connectivity index (χ2n) is 6.31. The Balaban J connectivity index is 1.92. The van der Waals surface area contributed by atoms with Crippen molar-refractivity contribution in [2.45, 2.75) is 17.7 Å². The highest BCUT2D eigenvalue weighted by molar-refractivity contribution is 5.78. The van der Waals surface area contributed by atoms with Gasteiger partial charge < -0.3 is 20.3 Å². The van der Waals surface area contributed by atoms with Gasteiger partial charge in [0.25, 0.3) is 5.72 Å². The molecule has 3 N–H and O–H groups in total. The van der Waals surface area contributed by atoms with E-state index in [0.29, 0.717) is 11.3 Å². The van der Waals surface area contributed by atoms with Gasteiger partial charge in [-0.1, -0.05) is 42.5 Å². The van der Waals surface area contributed by atoms with Gasteiger partial charge in [0.15, 0.2) is 0 Å². The lowest BCUT2D eigenvalue weighted by Crippen LogP contribution is -2.54. The van der Waals surface area contributed by atoms with E-state index in [0.717, 1.165) is 10.2 Å². The number of hydrogen-bond acceptors (Lipinski definition) is 6. The van der Waals surface area contributed by atoms with Gasteiger partial charge in [0.2, 0.25) is 5.95 Å². The normalized spacial score (nSPS) is 23.9. The quantitative estimate of drug-likeness (QED) is 0.647. The second-order valence-corrected chi connectivity index (χ2v) is 6.31. The van der Waals surface area contributed by atoms with Crippen LogP contribution in [0.15, 0.2) is 60.9 Å². The molecule has 1 aliphatic heterocycles. The Morgan fingerprint density at radius 1 is 1.15 bits per heavy atom. The molecule has 0 spiro atoms. The molecule has 0 saturated heterocycles. The molecule has 0 aliphatic carbocycles. The molecule has 8 nitrogen and oxygen atoms in total. The van der Waals surface area contributed by atoms with Crippen molar-refractivity contribution in [2.24, 2.45) is 0 Å². The number of aliphatic carboxylic acids is 1. The molecule has 0 bridgehead atoms. The van der Waals surface area contributed by atoms with Crippen LogP contribution < -0.4 is 10.1 Å². The van der Waals surface area contributed by atoms with Crippen molar-refractivity contribution in [3.8, 4) is 5.75 Å². The number of ether oxygens (including phenoxy) is 1. The highest BCUT2D eigenvalue weighted by atomic mass is 16.5. The van der Waals surface area contributed by atoms with E-state index in [-0.39, 0.29) is 5.95 Å². The van der Waals surface area contributed by atoms with E-state index in [9.17, 15) is 15.0 Å².